The van der Waals surface area contributed by atoms with Gasteiger partial charge in [-0.2, -0.15) is 0 Å². The molecule has 0 saturated carbocycles. The molecule has 0 unspecified atom stereocenters. The summed E-state index contributed by atoms with van der Waals surface area (Å²) in [5.74, 6) is -0.308. The van der Waals surface area contributed by atoms with E-state index >= 15 is 0 Å². The highest BCUT2D eigenvalue weighted by atomic mass is 79.9. The van der Waals surface area contributed by atoms with Crippen LogP contribution in [0.25, 0.3) is 10.2 Å². The van der Waals surface area contributed by atoms with Crippen molar-refractivity contribution in [3.8, 4) is 0 Å². The lowest BCUT2D eigenvalue weighted by Gasteiger charge is -2.02. The zero-order valence-corrected chi connectivity index (χ0v) is 14.6. The van der Waals surface area contributed by atoms with E-state index in [1.807, 2.05) is 18.2 Å². The largest absolute Gasteiger partial charge is 0.321 e. The molecule has 0 aliphatic carbocycles. The number of aromatic nitrogens is 1. The molecule has 112 valence electrons. The molecule has 0 aliphatic heterocycles. The maximum atomic E-state index is 12.1. The van der Waals surface area contributed by atoms with Crippen LogP contribution < -0.4 is 10.6 Å². The normalized spacial score (nSPS) is 10.6. The molecule has 2 heterocycles. The zero-order valence-electron chi connectivity index (χ0n) is 11.3. The Morgan fingerprint density at radius 1 is 1.14 bits per heavy atom. The molecule has 0 aliphatic rings. The molecule has 0 saturated heterocycles. The predicted molar refractivity (Wildman–Crippen MR) is 93.9 cm³/mol. The van der Waals surface area contributed by atoms with E-state index in [1.165, 1.54) is 29.6 Å². The number of nitrogens with one attached hydrogen (secondary N) is 2. The van der Waals surface area contributed by atoms with Gasteiger partial charge in [0.2, 0.25) is 5.91 Å². The highest BCUT2D eigenvalue weighted by Crippen LogP contribution is 2.29. The summed E-state index contributed by atoms with van der Waals surface area (Å²) in [5.41, 5.74) is 1.48. The first kappa shape index (κ1) is 15.1. The van der Waals surface area contributed by atoms with Gasteiger partial charge in [-0.15, -0.1) is 11.3 Å². The first-order valence-electron chi connectivity index (χ1n) is 6.26. The number of carbonyl (C=O) groups excluding carboxylic acids is 2. The minimum Gasteiger partial charge on any atom is -0.321 e. The number of anilines is 2. The van der Waals surface area contributed by atoms with Crippen LogP contribution >= 0.6 is 38.6 Å². The van der Waals surface area contributed by atoms with Gasteiger partial charge in [-0.05, 0) is 46.3 Å². The van der Waals surface area contributed by atoms with Crippen LogP contribution in [0.5, 0.6) is 0 Å². The summed E-state index contributed by atoms with van der Waals surface area (Å²) in [6, 6.07) is 9.06. The fourth-order valence-corrected chi connectivity index (χ4v) is 4.07. The molecule has 2 amide bonds. The van der Waals surface area contributed by atoms with E-state index in [0.29, 0.717) is 15.7 Å². The van der Waals surface area contributed by atoms with Gasteiger partial charge < -0.3 is 10.6 Å². The van der Waals surface area contributed by atoms with Crippen molar-refractivity contribution in [2.45, 2.75) is 6.92 Å². The molecule has 3 aromatic rings. The van der Waals surface area contributed by atoms with Crippen molar-refractivity contribution in [3.63, 3.8) is 0 Å². The maximum Gasteiger partial charge on any atom is 0.265 e. The number of thiophene rings is 1. The summed E-state index contributed by atoms with van der Waals surface area (Å²) in [6.07, 6.45) is 0. The Bertz CT molecular complexity index is 872. The molecule has 0 fully saturated rings. The maximum absolute atomic E-state index is 12.1. The number of amides is 2. The zero-order chi connectivity index (χ0) is 15.7. The van der Waals surface area contributed by atoms with Crippen molar-refractivity contribution in [1.82, 2.24) is 4.98 Å². The standard InChI is InChI=1S/C14H10BrN3O2S2/c1-7(19)16-14-18-9-3-2-8(6-11(9)22-14)17-13(20)10-4-5-12(15)21-10/h2-6H,1H3,(H,17,20)(H,16,18,19). The van der Waals surface area contributed by atoms with Crippen LogP contribution in [0.2, 0.25) is 0 Å². The van der Waals surface area contributed by atoms with E-state index in [9.17, 15) is 9.59 Å². The third-order valence-electron chi connectivity index (χ3n) is 2.73. The van der Waals surface area contributed by atoms with Gasteiger partial charge in [0.05, 0.1) is 18.9 Å². The molecule has 2 N–H and O–H groups in total. The Kier molecular flexibility index (Phi) is 4.23. The minimum absolute atomic E-state index is 0.151. The third kappa shape index (κ3) is 3.34. The SMILES string of the molecule is CC(=O)Nc1nc2ccc(NC(=O)c3ccc(Br)s3)cc2s1. The number of halogens is 1. The van der Waals surface area contributed by atoms with Gasteiger partial charge in [-0.25, -0.2) is 4.98 Å². The molecule has 0 bridgehead atoms. The number of carbonyl (C=O) groups is 2. The molecule has 0 radical (unpaired) electrons. The minimum atomic E-state index is -0.157. The fourth-order valence-electron chi connectivity index (χ4n) is 1.84. The Labute approximate surface area is 142 Å². The number of thiazole rings is 1. The number of fused-ring (bicyclic) bond motifs is 1. The van der Waals surface area contributed by atoms with E-state index in [2.05, 4.69) is 31.5 Å². The van der Waals surface area contributed by atoms with E-state index in [-0.39, 0.29) is 11.8 Å². The van der Waals surface area contributed by atoms with Crippen molar-refractivity contribution in [2.24, 2.45) is 0 Å². The number of hydrogen-bond acceptors (Lipinski definition) is 5. The molecular formula is C14H10BrN3O2S2. The van der Waals surface area contributed by atoms with Crippen LogP contribution in [-0.2, 0) is 4.79 Å². The Morgan fingerprint density at radius 2 is 1.95 bits per heavy atom. The lowest BCUT2D eigenvalue weighted by atomic mass is 10.3. The topological polar surface area (TPSA) is 71.1 Å². The summed E-state index contributed by atoms with van der Waals surface area (Å²) in [7, 11) is 0. The number of rotatable bonds is 3. The summed E-state index contributed by atoms with van der Waals surface area (Å²) in [5, 5.41) is 6.07. The summed E-state index contributed by atoms with van der Waals surface area (Å²) in [4.78, 5) is 28.1. The average molecular weight is 396 g/mol. The second-order valence-corrected chi connectivity index (χ2v) is 7.93. The first-order valence-corrected chi connectivity index (χ1v) is 8.69. The molecule has 0 spiro atoms. The van der Waals surface area contributed by atoms with E-state index < -0.39 is 0 Å². The third-order valence-corrected chi connectivity index (χ3v) is 5.28. The summed E-state index contributed by atoms with van der Waals surface area (Å²) in [6.45, 7) is 1.44. The monoisotopic (exact) mass is 395 g/mol. The van der Waals surface area contributed by atoms with Crippen LogP contribution in [0.4, 0.5) is 10.8 Å². The van der Waals surface area contributed by atoms with Gasteiger partial charge in [0, 0.05) is 12.6 Å². The lowest BCUT2D eigenvalue weighted by Crippen LogP contribution is -2.09. The number of benzene rings is 1. The van der Waals surface area contributed by atoms with Crippen LogP contribution in [0.15, 0.2) is 34.1 Å². The average Bonchev–Trinajstić information content (AvgIpc) is 3.03. The molecule has 0 atom stereocenters. The Balaban J connectivity index is 1.82. The van der Waals surface area contributed by atoms with Gasteiger partial charge in [-0.1, -0.05) is 11.3 Å². The highest BCUT2D eigenvalue weighted by molar-refractivity contribution is 9.11. The van der Waals surface area contributed by atoms with Crippen molar-refractivity contribution in [2.75, 3.05) is 10.6 Å². The van der Waals surface area contributed by atoms with Gasteiger partial charge in [0.1, 0.15) is 0 Å². The fraction of sp³-hybridized carbons (Fsp3) is 0.0714. The van der Waals surface area contributed by atoms with Gasteiger partial charge in [-0.3, -0.25) is 9.59 Å². The van der Waals surface area contributed by atoms with Crippen LogP contribution in [-0.4, -0.2) is 16.8 Å². The van der Waals surface area contributed by atoms with E-state index in [1.54, 1.807) is 12.1 Å². The molecule has 3 rings (SSSR count). The molecule has 1 aromatic carbocycles. The van der Waals surface area contributed by atoms with Gasteiger partial charge in [0.25, 0.3) is 5.91 Å². The molecular weight excluding hydrogens is 386 g/mol. The summed E-state index contributed by atoms with van der Waals surface area (Å²) >= 11 is 6.08. The van der Waals surface area contributed by atoms with E-state index in [0.717, 1.165) is 14.0 Å². The number of hydrogen-bond donors (Lipinski definition) is 2. The van der Waals surface area contributed by atoms with Gasteiger partial charge >= 0.3 is 0 Å². The van der Waals surface area contributed by atoms with Crippen LogP contribution in [0.3, 0.4) is 0 Å². The summed E-state index contributed by atoms with van der Waals surface area (Å²) < 4.78 is 1.81. The van der Waals surface area contributed by atoms with Crippen molar-refractivity contribution in [1.29, 1.82) is 0 Å². The van der Waals surface area contributed by atoms with Gasteiger partial charge in [0.15, 0.2) is 5.13 Å². The Morgan fingerprint density at radius 3 is 2.64 bits per heavy atom. The predicted octanol–water partition coefficient (Wildman–Crippen LogP) is 4.33. The second-order valence-electron chi connectivity index (χ2n) is 4.44. The smallest absolute Gasteiger partial charge is 0.265 e. The van der Waals surface area contributed by atoms with Crippen LogP contribution in [0.1, 0.15) is 16.6 Å². The van der Waals surface area contributed by atoms with E-state index in [4.69, 9.17) is 0 Å². The number of nitrogens with zero attached hydrogens (tertiary/aromatic N) is 1. The van der Waals surface area contributed by atoms with Crippen molar-refractivity contribution < 1.29 is 9.59 Å². The van der Waals surface area contributed by atoms with Crippen LogP contribution in [0, 0.1) is 0 Å². The molecule has 22 heavy (non-hydrogen) atoms. The Hall–Kier alpha value is -1.77. The highest BCUT2D eigenvalue weighted by Gasteiger charge is 2.10. The quantitative estimate of drug-likeness (QED) is 0.692. The first-order chi connectivity index (χ1) is 10.5. The van der Waals surface area contributed by atoms with Crippen molar-refractivity contribution >= 4 is 71.5 Å². The molecule has 5 nitrogen and oxygen atoms in total. The molecule has 8 heteroatoms. The van der Waals surface area contributed by atoms with Crippen molar-refractivity contribution in [3.05, 3.63) is 39.0 Å². The lowest BCUT2D eigenvalue weighted by molar-refractivity contribution is -0.114. The molecule has 2 aromatic heterocycles. The second kappa shape index (κ2) is 6.15.